The van der Waals surface area contributed by atoms with Crippen molar-refractivity contribution in [3.63, 3.8) is 0 Å². The Morgan fingerprint density at radius 2 is 2.08 bits per heavy atom. The van der Waals surface area contributed by atoms with Gasteiger partial charge in [-0.3, -0.25) is 4.79 Å². The van der Waals surface area contributed by atoms with Gasteiger partial charge in [-0.2, -0.15) is 0 Å². The lowest BCUT2D eigenvalue weighted by molar-refractivity contribution is -0.116. The number of para-hydroxylation sites is 1. The van der Waals surface area contributed by atoms with E-state index in [-0.39, 0.29) is 17.6 Å². The minimum absolute atomic E-state index is 0.000843. The van der Waals surface area contributed by atoms with Gasteiger partial charge in [0.2, 0.25) is 5.91 Å². The number of carbonyl (C=O) groups is 1. The molecular weight excluding hydrogens is 307 g/mol. The van der Waals surface area contributed by atoms with Crippen molar-refractivity contribution in [2.24, 2.45) is 0 Å². The van der Waals surface area contributed by atoms with Crippen molar-refractivity contribution in [3.8, 4) is 0 Å². The number of carbonyl (C=O) groups excluding carboxylic acids is 1. The maximum Gasteiger partial charge on any atom is 0.225 e. The first-order valence-electron chi connectivity index (χ1n) is 7.73. The molecule has 1 aliphatic rings. The smallest absolute Gasteiger partial charge is 0.225 e. The first-order chi connectivity index (χ1) is 11.7. The van der Waals surface area contributed by atoms with Crippen LogP contribution in [0.15, 0.2) is 48.8 Å². The van der Waals surface area contributed by atoms with Crippen molar-refractivity contribution in [2.75, 3.05) is 17.2 Å². The van der Waals surface area contributed by atoms with Gasteiger partial charge in [0, 0.05) is 30.0 Å². The van der Waals surface area contributed by atoms with Crippen molar-refractivity contribution < 1.29 is 9.18 Å². The van der Waals surface area contributed by atoms with Gasteiger partial charge in [0.05, 0.1) is 5.52 Å². The minimum Gasteiger partial charge on any atom is -0.369 e. The van der Waals surface area contributed by atoms with Gasteiger partial charge in [-0.25, -0.2) is 14.4 Å². The molecule has 1 aromatic heterocycles. The van der Waals surface area contributed by atoms with Crippen molar-refractivity contribution in [3.05, 3.63) is 60.2 Å². The molecule has 5 nitrogen and oxygen atoms in total. The van der Waals surface area contributed by atoms with Crippen LogP contribution in [0.1, 0.15) is 17.9 Å². The predicted octanol–water partition coefficient (Wildman–Crippen LogP) is 3.31. The third-order valence-electron chi connectivity index (χ3n) is 4.22. The lowest BCUT2D eigenvalue weighted by atomic mass is 9.90. The number of benzene rings is 2. The number of halogens is 1. The summed E-state index contributed by atoms with van der Waals surface area (Å²) in [4.78, 5) is 20.3. The normalized spacial score (nSPS) is 16.5. The summed E-state index contributed by atoms with van der Waals surface area (Å²) in [6.45, 7) is 0.535. The highest BCUT2D eigenvalue weighted by molar-refractivity contribution is 5.95. The van der Waals surface area contributed by atoms with E-state index < -0.39 is 0 Å². The van der Waals surface area contributed by atoms with Crippen LogP contribution in [0.4, 0.5) is 15.9 Å². The molecule has 2 aromatic carbocycles. The molecule has 1 aliphatic heterocycles. The molecule has 0 spiro atoms. The van der Waals surface area contributed by atoms with Gasteiger partial charge < -0.3 is 10.6 Å². The molecule has 120 valence electrons. The summed E-state index contributed by atoms with van der Waals surface area (Å²) in [5.74, 6) is 0.276. The van der Waals surface area contributed by atoms with Gasteiger partial charge in [-0.05, 0) is 29.8 Å². The largest absolute Gasteiger partial charge is 0.369 e. The average molecular weight is 322 g/mol. The van der Waals surface area contributed by atoms with Crippen LogP contribution in [0.25, 0.3) is 10.9 Å². The highest BCUT2D eigenvalue weighted by atomic mass is 19.1. The molecule has 1 atom stereocenters. The second-order valence-electron chi connectivity index (χ2n) is 5.80. The van der Waals surface area contributed by atoms with Gasteiger partial charge in [-0.1, -0.05) is 18.2 Å². The Labute approximate surface area is 137 Å². The first kappa shape index (κ1) is 14.6. The van der Waals surface area contributed by atoms with E-state index in [4.69, 9.17) is 0 Å². The number of hydrogen-bond acceptors (Lipinski definition) is 4. The lowest BCUT2D eigenvalue weighted by Crippen LogP contribution is -2.27. The minimum atomic E-state index is -0.331. The van der Waals surface area contributed by atoms with Gasteiger partial charge >= 0.3 is 0 Å². The summed E-state index contributed by atoms with van der Waals surface area (Å²) in [6.07, 6.45) is 1.85. The summed E-state index contributed by atoms with van der Waals surface area (Å²) in [6, 6.07) is 12.2. The molecule has 0 aliphatic carbocycles. The zero-order valence-corrected chi connectivity index (χ0v) is 12.8. The molecule has 0 saturated heterocycles. The zero-order valence-electron chi connectivity index (χ0n) is 12.8. The molecule has 0 radical (unpaired) electrons. The van der Waals surface area contributed by atoms with Crippen LogP contribution >= 0.6 is 0 Å². The van der Waals surface area contributed by atoms with E-state index in [0.29, 0.717) is 29.7 Å². The van der Waals surface area contributed by atoms with Crippen LogP contribution in [0, 0.1) is 5.82 Å². The Bertz CT molecular complexity index is 928. The highest BCUT2D eigenvalue weighted by Crippen LogP contribution is 2.32. The fraction of sp³-hybridized carbons (Fsp3) is 0.167. The monoisotopic (exact) mass is 322 g/mol. The second kappa shape index (κ2) is 5.88. The number of anilines is 2. The van der Waals surface area contributed by atoms with Crippen molar-refractivity contribution in [1.29, 1.82) is 0 Å². The molecule has 2 N–H and O–H groups in total. The van der Waals surface area contributed by atoms with Crippen LogP contribution in [-0.4, -0.2) is 22.4 Å². The summed E-state index contributed by atoms with van der Waals surface area (Å²) in [5.41, 5.74) is 2.61. The zero-order chi connectivity index (χ0) is 16.5. The third kappa shape index (κ3) is 2.67. The Balaban J connectivity index is 1.62. The van der Waals surface area contributed by atoms with Crippen molar-refractivity contribution in [1.82, 2.24) is 9.97 Å². The van der Waals surface area contributed by atoms with E-state index in [1.54, 1.807) is 6.07 Å². The molecule has 0 saturated carbocycles. The Kier molecular flexibility index (Phi) is 3.57. The number of nitrogens with zero attached hydrogens (tertiary/aromatic N) is 2. The maximum atomic E-state index is 13.5. The van der Waals surface area contributed by atoms with Crippen LogP contribution < -0.4 is 10.6 Å². The van der Waals surface area contributed by atoms with Gasteiger partial charge in [-0.15, -0.1) is 0 Å². The van der Waals surface area contributed by atoms with E-state index >= 15 is 0 Å². The molecule has 0 bridgehead atoms. The molecular formula is C18H15FN4O. The van der Waals surface area contributed by atoms with Gasteiger partial charge in [0.25, 0.3) is 0 Å². The summed E-state index contributed by atoms with van der Waals surface area (Å²) >= 11 is 0. The van der Waals surface area contributed by atoms with Crippen molar-refractivity contribution in [2.45, 2.75) is 12.3 Å². The summed E-state index contributed by atoms with van der Waals surface area (Å²) < 4.78 is 13.5. The lowest BCUT2D eigenvalue weighted by Gasteiger charge is -2.26. The summed E-state index contributed by atoms with van der Waals surface area (Å²) in [5, 5.41) is 6.76. The number of hydrogen-bond donors (Lipinski definition) is 2. The maximum absolute atomic E-state index is 13.5. The van der Waals surface area contributed by atoms with Gasteiger partial charge in [0.15, 0.2) is 0 Å². The Morgan fingerprint density at radius 1 is 1.21 bits per heavy atom. The third-order valence-corrected chi connectivity index (χ3v) is 4.22. The molecule has 24 heavy (non-hydrogen) atoms. The quantitative estimate of drug-likeness (QED) is 0.776. The predicted molar refractivity (Wildman–Crippen MR) is 90.4 cm³/mol. The van der Waals surface area contributed by atoms with Gasteiger partial charge in [0.1, 0.15) is 18.0 Å². The van der Waals surface area contributed by atoms with Crippen LogP contribution in [-0.2, 0) is 4.79 Å². The first-order valence-corrected chi connectivity index (χ1v) is 7.73. The number of rotatable bonds is 3. The number of amides is 1. The van der Waals surface area contributed by atoms with Crippen molar-refractivity contribution >= 4 is 28.3 Å². The van der Waals surface area contributed by atoms with E-state index in [1.165, 1.54) is 18.5 Å². The molecule has 0 fully saturated rings. The van der Waals surface area contributed by atoms with E-state index in [2.05, 4.69) is 20.6 Å². The van der Waals surface area contributed by atoms with Crippen LogP contribution in [0.3, 0.4) is 0 Å². The number of fused-ring (bicyclic) bond motifs is 2. The van der Waals surface area contributed by atoms with E-state index in [9.17, 15) is 9.18 Å². The Morgan fingerprint density at radius 3 is 3.00 bits per heavy atom. The van der Waals surface area contributed by atoms with Crippen LogP contribution in [0.5, 0.6) is 0 Å². The molecule has 4 rings (SSSR count). The SMILES string of the molecule is O=C1C[C@@H](CNc2ncnc3ccc(F)cc23)c2ccccc2N1. The average Bonchev–Trinajstić information content (AvgIpc) is 2.59. The molecule has 0 unspecified atom stereocenters. The number of nitrogens with one attached hydrogen (secondary N) is 2. The second-order valence-corrected chi connectivity index (χ2v) is 5.80. The molecule has 1 amide bonds. The fourth-order valence-corrected chi connectivity index (χ4v) is 3.07. The molecule has 2 heterocycles. The molecule has 3 aromatic rings. The summed E-state index contributed by atoms with van der Waals surface area (Å²) in [7, 11) is 0. The highest BCUT2D eigenvalue weighted by Gasteiger charge is 2.24. The van der Waals surface area contributed by atoms with E-state index in [1.807, 2.05) is 24.3 Å². The number of aromatic nitrogens is 2. The molecule has 6 heteroatoms. The van der Waals surface area contributed by atoms with E-state index in [0.717, 1.165) is 11.3 Å². The Hall–Kier alpha value is -3.02. The topological polar surface area (TPSA) is 66.9 Å². The van der Waals surface area contributed by atoms with Crippen LogP contribution in [0.2, 0.25) is 0 Å². The standard InChI is InChI=1S/C18H15FN4O/c19-12-5-6-15-14(8-12)18(22-10-21-15)20-9-11-7-17(24)23-16-4-2-1-3-13(11)16/h1-6,8,10-11H,7,9H2,(H,23,24)(H,20,21,22)/t11-/m0/s1. The fourth-order valence-electron chi connectivity index (χ4n) is 3.07.